The highest BCUT2D eigenvalue weighted by Gasteiger charge is 2.22. The molecule has 3 aromatic rings. The van der Waals surface area contributed by atoms with Crippen LogP contribution in [0.4, 0.5) is 13.2 Å². The Hall–Kier alpha value is -3.33. The van der Waals surface area contributed by atoms with Crippen molar-refractivity contribution in [3.8, 4) is 11.4 Å². The second kappa shape index (κ2) is 9.44. The second-order valence-electron chi connectivity index (χ2n) is 6.78. The predicted molar refractivity (Wildman–Crippen MR) is 113 cm³/mol. The highest BCUT2D eigenvalue weighted by atomic mass is 35.5. The Balaban J connectivity index is 2.04. The van der Waals surface area contributed by atoms with Gasteiger partial charge in [0.25, 0.3) is 5.56 Å². The molecule has 3 rings (SSSR count). The molecule has 0 aliphatic heterocycles. The molecule has 10 heteroatoms. The topological polar surface area (TPSA) is 66.2 Å². The predicted octanol–water partition coefficient (Wildman–Crippen LogP) is 4.90. The first-order chi connectivity index (χ1) is 15.1. The van der Waals surface area contributed by atoms with Crippen LogP contribution in [0.5, 0.6) is 5.75 Å². The summed E-state index contributed by atoms with van der Waals surface area (Å²) in [4.78, 5) is 20.7. The molecule has 32 heavy (non-hydrogen) atoms. The van der Waals surface area contributed by atoms with E-state index in [0.717, 1.165) is 10.8 Å². The summed E-state index contributed by atoms with van der Waals surface area (Å²) in [7, 11) is 0. The number of ether oxygens (including phenoxy) is 2. The number of aromatic nitrogens is 3. The van der Waals surface area contributed by atoms with Gasteiger partial charge in [-0.2, -0.15) is 0 Å². The maximum absolute atomic E-state index is 15.3. The van der Waals surface area contributed by atoms with Gasteiger partial charge in [0.15, 0.2) is 11.6 Å². The van der Waals surface area contributed by atoms with Crippen LogP contribution >= 0.6 is 11.6 Å². The molecule has 0 atom stereocenters. The number of pyridine rings is 3. The monoisotopic (exact) mass is 465 g/mol. The maximum atomic E-state index is 15.3. The molecule has 3 aromatic heterocycles. The van der Waals surface area contributed by atoms with Gasteiger partial charge in [-0.05, 0) is 26.3 Å². The van der Waals surface area contributed by atoms with Crippen molar-refractivity contribution in [3.05, 3.63) is 86.6 Å². The van der Waals surface area contributed by atoms with Crippen molar-refractivity contribution >= 4 is 17.4 Å². The third kappa shape index (κ3) is 4.47. The van der Waals surface area contributed by atoms with Crippen LogP contribution in [0.15, 0.2) is 35.9 Å². The van der Waals surface area contributed by atoms with Crippen molar-refractivity contribution in [1.29, 1.82) is 0 Å². The lowest BCUT2D eigenvalue weighted by Gasteiger charge is -2.18. The van der Waals surface area contributed by atoms with E-state index in [0.29, 0.717) is 17.3 Å². The fraction of sp³-hybridized carbons (Fsp3) is 0.227. The molecule has 0 aliphatic carbocycles. The van der Waals surface area contributed by atoms with Crippen LogP contribution in [-0.4, -0.2) is 21.1 Å². The Bertz CT molecular complexity index is 1260. The number of aryl methyl sites for hydroxylation is 2. The number of rotatable bonds is 7. The summed E-state index contributed by atoms with van der Waals surface area (Å²) in [5.74, 6) is -2.55. The minimum Gasteiger partial charge on any atom is -0.492 e. The molecule has 0 aliphatic rings. The first kappa shape index (κ1) is 23.3. The van der Waals surface area contributed by atoms with Crippen molar-refractivity contribution in [2.24, 2.45) is 0 Å². The fourth-order valence-corrected chi connectivity index (χ4v) is 3.23. The van der Waals surface area contributed by atoms with Gasteiger partial charge in [-0.25, -0.2) is 18.2 Å². The van der Waals surface area contributed by atoms with Crippen LogP contribution in [0.3, 0.4) is 0 Å². The molecule has 0 saturated carbocycles. The largest absolute Gasteiger partial charge is 0.492 e. The quantitative estimate of drug-likeness (QED) is 0.464. The Kier molecular flexibility index (Phi) is 6.88. The van der Waals surface area contributed by atoms with E-state index in [1.807, 2.05) is 0 Å². The number of halogens is 4. The summed E-state index contributed by atoms with van der Waals surface area (Å²) in [5.41, 5.74) is -0.438. The third-order valence-corrected chi connectivity index (χ3v) is 4.88. The molecule has 168 valence electrons. The van der Waals surface area contributed by atoms with Crippen LogP contribution in [-0.2, 0) is 11.3 Å². The van der Waals surface area contributed by atoms with E-state index < -0.39 is 29.6 Å². The Labute approximate surface area is 186 Å². The van der Waals surface area contributed by atoms with Gasteiger partial charge in [0, 0.05) is 24.0 Å². The summed E-state index contributed by atoms with van der Waals surface area (Å²) < 4.78 is 53.9. The van der Waals surface area contributed by atoms with Crippen molar-refractivity contribution in [2.45, 2.75) is 27.4 Å². The molecule has 0 saturated heterocycles. The normalized spacial score (nSPS) is 10.8. The molecule has 0 aromatic carbocycles. The van der Waals surface area contributed by atoms with E-state index in [1.54, 1.807) is 20.8 Å². The average molecular weight is 466 g/mol. The van der Waals surface area contributed by atoms with E-state index >= 15 is 4.39 Å². The lowest BCUT2D eigenvalue weighted by Crippen LogP contribution is -2.24. The Morgan fingerprint density at radius 3 is 2.56 bits per heavy atom. The lowest BCUT2D eigenvalue weighted by molar-refractivity contribution is 0.292. The first-order valence-corrected chi connectivity index (χ1v) is 9.85. The van der Waals surface area contributed by atoms with Crippen LogP contribution in [0.25, 0.3) is 11.4 Å². The van der Waals surface area contributed by atoms with Crippen molar-refractivity contribution < 1.29 is 22.6 Å². The standard InChI is InChI=1S/C22H19ClF3N3O3/c1-5-31-13(4)20-19(26)21(11(2)8-28-20)29-12(3)6-17(18(23)22(29)30)32-10-16-15(25)7-14(24)9-27-16/h6-9H,4-5,10H2,1-3H3. The van der Waals surface area contributed by atoms with Crippen LogP contribution < -0.4 is 10.3 Å². The van der Waals surface area contributed by atoms with Crippen molar-refractivity contribution in [1.82, 2.24) is 14.5 Å². The molecular formula is C22H19ClF3N3O3. The molecule has 0 amide bonds. The van der Waals surface area contributed by atoms with Gasteiger partial charge in [-0.3, -0.25) is 14.3 Å². The molecule has 0 unspecified atom stereocenters. The van der Waals surface area contributed by atoms with Gasteiger partial charge in [-0.1, -0.05) is 18.2 Å². The Morgan fingerprint density at radius 2 is 1.91 bits per heavy atom. The van der Waals surface area contributed by atoms with Crippen LogP contribution in [0.1, 0.15) is 29.6 Å². The minimum absolute atomic E-state index is 0.0248. The smallest absolute Gasteiger partial charge is 0.278 e. The highest BCUT2D eigenvalue weighted by Crippen LogP contribution is 2.28. The second-order valence-corrected chi connectivity index (χ2v) is 7.16. The fourth-order valence-electron chi connectivity index (χ4n) is 3.04. The van der Waals surface area contributed by atoms with Gasteiger partial charge in [0.2, 0.25) is 0 Å². The molecule has 0 bridgehead atoms. The minimum atomic E-state index is -0.900. The lowest BCUT2D eigenvalue weighted by atomic mass is 10.1. The molecule has 6 nitrogen and oxygen atoms in total. The summed E-state index contributed by atoms with van der Waals surface area (Å²) in [6.45, 7) is 8.40. The van der Waals surface area contributed by atoms with E-state index in [-0.39, 0.29) is 40.2 Å². The molecule has 0 spiro atoms. The summed E-state index contributed by atoms with van der Waals surface area (Å²) in [5, 5.41) is -0.348. The van der Waals surface area contributed by atoms with Crippen LogP contribution in [0.2, 0.25) is 5.02 Å². The van der Waals surface area contributed by atoms with Gasteiger partial charge < -0.3 is 9.47 Å². The number of hydrogen-bond acceptors (Lipinski definition) is 5. The third-order valence-electron chi connectivity index (χ3n) is 4.53. The zero-order valence-corrected chi connectivity index (χ0v) is 18.3. The number of hydrogen-bond donors (Lipinski definition) is 0. The molecule has 0 radical (unpaired) electrons. The SMILES string of the molecule is C=C(OCC)c1ncc(C)c(-n2c(C)cc(OCc3ncc(F)cc3F)c(Cl)c2=O)c1F. The van der Waals surface area contributed by atoms with Gasteiger partial charge in [0.05, 0.1) is 18.5 Å². The maximum Gasteiger partial charge on any atom is 0.278 e. The molecule has 0 fully saturated rings. The van der Waals surface area contributed by atoms with Gasteiger partial charge in [-0.15, -0.1) is 0 Å². The summed E-state index contributed by atoms with van der Waals surface area (Å²) >= 11 is 6.20. The molecule has 3 heterocycles. The summed E-state index contributed by atoms with van der Waals surface area (Å²) in [6, 6.07) is 2.07. The summed E-state index contributed by atoms with van der Waals surface area (Å²) in [6.07, 6.45) is 2.24. The van der Waals surface area contributed by atoms with E-state index in [1.165, 1.54) is 12.3 Å². The zero-order valence-electron chi connectivity index (χ0n) is 17.5. The van der Waals surface area contributed by atoms with Gasteiger partial charge >= 0.3 is 0 Å². The van der Waals surface area contributed by atoms with Crippen LogP contribution in [0, 0.1) is 31.3 Å². The first-order valence-electron chi connectivity index (χ1n) is 9.48. The van der Waals surface area contributed by atoms with Crippen molar-refractivity contribution in [2.75, 3.05) is 6.61 Å². The number of nitrogens with zero attached hydrogens (tertiary/aromatic N) is 3. The molecular weight excluding hydrogens is 447 g/mol. The average Bonchev–Trinajstić information content (AvgIpc) is 2.73. The highest BCUT2D eigenvalue weighted by molar-refractivity contribution is 6.31. The van der Waals surface area contributed by atoms with E-state index in [4.69, 9.17) is 21.1 Å². The van der Waals surface area contributed by atoms with Gasteiger partial charge in [0.1, 0.15) is 40.3 Å². The van der Waals surface area contributed by atoms with Crippen molar-refractivity contribution in [3.63, 3.8) is 0 Å². The Morgan fingerprint density at radius 1 is 1.19 bits per heavy atom. The molecule has 0 N–H and O–H groups in total. The van der Waals surface area contributed by atoms with E-state index in [9.17, 15) is 13.6 Å². The van der Waals surface area contributed by atoms with E-state index in [2.05, 4.69) is 16.5 Å². The zero-order chi connectivity index (χ0) is 23.6.